The molecule has 22 heavy (non-hydrogen) atoms. The molecule has 114 valence electrons. The van der Waals surface area contributed by atoms with Crippen molar-refractivity contribution in [2.45, 2.75) is 13.3 Å². The molecule has 4 heteroatoms. The molecule has 0 aliphatic carbocycles. The van der Waals surface area contributed by atoms with E-state index in [2.05, 4.69) is 4.98 Å². The Morgan fingerprint density at radius 3 is 2.82 bits per heavy atom. The Morgan fingerprint density at radius 2 is 2.14 bits per heavy atom. The van der Waals surface area contributed by atoms with Crippen LogP contribution in [0.25, 0.3) is 6.08 Å². The standard InChI is InChI=1S/C18H19NO3/c1-3-11-22-18-12-14(7-9-17(18)21-2)6-8-16(20)15-5-4-10-19-13-15/h4-10,12-13H,3,11H2,1-2H3/b8-6+. The molecule has 0 saturated carbocycles. The number of ether oxygens (including phenoxy) is 2. The first-order chi connectivity index (χ1) is 10.7. The fourth-order valence-corrected chi connectivity index (χ4v) is 1.90. The van der Waals surface area contributed by atoms with Gasteiger partial charge in [0.15, 0.2) is 17.3 Å². The average molecular weight is 297 g/mol. The van der Waals surface area contributed by atoms with E-state index >= 15 is 0 Å². The molecule has 0 aliphatic rings. The maximum Gasteiger partial charge on any atom is 0.187 e. The van der Waals surface area contributed by atoms with Crippen molar-refractivity contribution >= 4 is 11.9 Å². The van der Waals surface area contributed by atoms with Crippen molar-refractivity contribution in [2.24, 2.45) is 0 Å². The lowest BCUT2D eigenvalue weighted by atomic mass is 10.1. The minimum absolute atomic E-state index is 0.0834. The zero-order chi connectivity index (χ0) is 15.8. The third kappa shape index (κ3) is 4.19. The fourth-order valence-electron chi connectivity index (χ4n) is 1.90. The van der Waals surface area contributed by atoms with E-state index in [-0.39, 0.29) is 5.78 Å². The largest absolute Gasteiger partial charge is 0.493 e. The number of ketones is 1. The quantitative estimate of drug-likeness (QED) is 0.576. The molecule has 0 bridgehead atoms. The summed E-state index contributed by atoms with van der Waals surface area (Å²) in [7, 11) is 1.61. The fraction of sp³-hybridized carbons (Fsp3) is 0.222. The molecule has 0 amide bonds. The molecule has 2 rings (SSSR count). The summed E-state index contributed by atoms with van der Waals surface area (Å²) in [5.74, 6) is 1.28. The number of carbonyl (C=O) groups is 1. The first kappa shape index (κ1) is 15.8. The minimum atomic E-state index is -0.0834. The number of carbonyl (C=O) groups excluding carboxylic acids is 1. The van der Waals surface area contributed by atoms with Crippen molar-refractivity contribution in [3.05, 3.63) is 59.9 Å². The molecule has 0 N–H and O–H groups in total. The van der Waals surface area contributed by atoms with Crippen LogP contribution in [0.1, 0.15) is 29.3 Å². The van der Waals surface area contributed by atoms with Gasteiger partial charge in [-0.15, -0.1) is 0 Å². The lowest BCUT2D eigenvalue weighted by Gasteiger charge is -2.10. The first-order valence-electron chi connectivity index (χ1n) is 7.18. The number of nitrogens with zero attached hydrogens (tertiary/aromatic N) is 1. The highest BCUT2D eigenvalue weighted by Gasteiger charge is 2.05. The van der Waals surface area contributed by atoms with Crippen LogP contribution >= 0.6 is 0 Å². The van der Waals surface area contributed by atoms with E-state index in [1.165, 1.54) is 6.08 Å². The third-order valence-electron chi connectivity index (χ3n) is 3.02. The van der Waals surface area contributed by atoms with Gasteiger partial charge in [0.2, 0.25) is 0 Å². The lowest BCUT2D eigenvalue weighted by Crippen LogP contribution is -1.98. The van der Waals surface area contributed by atoms with E-state index in [9.17, 15) is 4.79 Å². The van der Waals surface area contributed by atoms with Crippen molar-refractivity contribution in [3.63, 3.8) is 0 Å². The van der Waals surface area contributed by atoms with Crippen molar-refractivity contribution < 1.29 is 14.3 Å². The van der Waals surface area contributed by atoms with Gasteiger partial charge in [-0.2, -0.15) is 0 Å². The number of methoxy groups -OCH3 is 1. The van der Waals surface area contributed by atoms with Gasteiger partial charge < -0.3 is 9.47 Å². The van der Waals surface area contributed by atoms with Gasteiger partial charge >= 0.3 is 0 Å². The Bertz CT molecular complexity index is 651. The van der Waals surface area contributed by atoms with Gasteiger partial charge in [0.1, 0.15) is 0 Å². The summed E-state index contributed by atoms with van der Waals surface area (Å²) in [6.45, 7) is 2.67. The maximum absolute atomic E-state index is 12.0. The number of hydrogen-bond acceptors (Lipinski definition) is 4. The van der Waals surface area contributed by atoms with E-state index in [4.69, 9.17) is 9.47 Å². The lowest BCUT2D eigenvalue weighted by molar-refractivity contribution is 0.104. The Balaban J connectivity index is 2.15. The number of hydrogen-bond donors (Lipinski definition) is 0. The highest BCUT2D eigenvalue weighted by Crippen LogP contribution is 2.28. The molecule has 0 spiro atoms. The Morgan fingerprint density at radius 1 is 1.27 bits per heavy atom. The van der Waals surface area contributed by atoms with E-state index in [0.29, 0.717) is 23.7 Å². The van der Waals surface area contributed by atoms with Gasteiger partial charge in [0.25, 0.3) is 0 Å². The zero-order valence-corrected chi connectivity index (χ0v) is 12.8. The highest BCUT2D eigenvalue weighted by atomic mass is 16.5. The van der Waals surface area contributed by atoms with Crippen molar-refractivity contribution in [3.8, 4) is 11.5 Å². The molecule has 4 nitrogen and oxygen atoms in total. The predicted octanol–water partition coefficient (Wildman–Crippen LogP) is 3.78. The van der Waals surface area contributed by atoms with Crippen LogP contribution in [0.3, 0.4) is 0 Å². The first-order valence-corrected chi connectivity index (χ1v) is 7.18. The molecular weight excluding hydrogens is 278 g/mol. The van der Waals surface area contributed by atoms with Gasteiger partial charge in [-0.25, -0.2) is 0 Å². The van der Waals surface area contributed by atoms with Crippen LogP contribution in [0.4, 0.5) is 0 Å². The number of aromatic nitrogens is 1. The molecule has 0 atom stereocenters. The van der Waals surface area contributed by atoms with Gasteiger partial charge in [0, 0.05) is 18.0 Å². The molecule has 0 fully saturated rings. The second-order valence-electron chi connectivity index (χ2n) is 4.70. The summed E-state index contributed by atoms with van der Waals surface area (Å²) in [5.41, 5.74) is 1.44. The zero-order valence-electron chi connectivity index (χ0n) is 12.8. The van der Waals surface area contributed by atoms with Crippen LogP contribution < -0.4 is 9.47 Å². The minimum Gasteiger partial charge on any atom is -0.493 e. The number of benzene rings is 1. The summed E-state index contributed by atoms with van der Waals surface area (Å²) < 4.78 is 10.9. The molecule has 0 saturated heterocycles. The predicted molar refractivity (Wildman–Crippen MR) is 86.4 cm³/mol. The highest BCUT2D eigenvalue weighted by molar-refractivity contribution is 6.06. The Labute approximate surface area is 130 Å². The van der Waals surface area contributed by atoms with Gasteiger partial charge in [-0.1, -0.05) is 19.1 Å². The van der Waals surface area contributed by atoms with Crippen LogP contribution in [0.5, 0.6) is 11.5 Å². The number of allylic oxidation sites excluding steroid dienone is 1. The van der Waals surface area contributed by atoms with Crippen molar-refractivity contribution in [1.29, 1.82) is 0 Å². The molecule has 0 radical (unpaired) electrons. The Hall–Kier alpha value is -2.62. The average Bonchev–Trinajstić information content (AvgIpc) is 2.58. The molecule has 0 unspecified atom stereocenters. The SMILES string of the molecule is CCCOc1cc(/C=C/C(=O)c2cccnc2)ccc1OC. The maximum atomic E-state index is 12.0. The normalized spacial score (nSPS) is 10.6. The van der Waals surface area contributed by atoms with Crippen LogP contribution in [0.2, 0.25) is 0 Å². The van der Waals surface area contributed by atoms with E-state index in [1.807, 2.05) is 25.1 Å². The molecular formula is C18H19NO3. The molecule has 0 aliphatic heterocycles. The summed E-state index contributed by atoms with van der Waals surface area (Å²) in [5, 5.41) is 0. The molecule has 1 heterocycles. The van der Waals surface area contributed by atoms with Crippen LogP contribution in [0.15, 0.2) is 48.8 Å². The summed E-state index contributed by atoms with van der Waals surface area (Å²) in [6, 6.07) is 9.06. The third-order valence-corrected chi connectivity index (χ3v) is 3.02. The number of rotatable bonds is 7. The summed E-state index contributed by atoms with van der Waals surface area (Å²) in [6.07, 6.45) is 7.40. The van der Waals surface area contributed by atoms with Crippen molar-refractivity contribution in [1.82, 2.24) is 4.98 Å². The van der Waals surface area contributed by atoms with Crippen molar-refractivity contribution in [2.75, 3.05) is 13.7 Å². The van der Waals surface area contributed by atoms with Gasteiger partial charge in [-0.05, 0) is 42.3 Å². The van der Waals surface area contributed by atoms with Crippen LogP contribution in [-0.2, 0) is 0 Å². The second kappa shape index (κ2) is 7.98. The smallest absolute Gasteiger partial charge is 0.187 e. The van der Waals surface area contributed by atoms with E-state index in [0.717, 1.165) is 12.0 Å². The molecule has 1 aromatic heterocycles. The van der Waals surface area contributed by atoms with E-state index in [1.54, 1.807) is 37.7 Å². The Kier molecular flexibility index (Phi) is 5.72. The second-order valence-corrected chi connectivity index (χ2v) is 4.70. The van der Waals surface area contributed by atoms with Crippen LogP contribution in [-0.4, -0.2) is 24.5 Å². The number of pyridine rings is 1. The summed E-state index contributed by atoms with van der Waals surface area (Å²) in [4.78, 5) is 16.0. The molecule has 2 aromatic rings. The van der Waals surface area contributed by atoms with E-state index < -0.39 is 0 Å². The van der Waals surface area contributed by atoms with Crippen LogP contribution in [0, 0.1) is 0 Å². The summed E-state index contributed by atoms with van der Waals surface area (Å²) >= 11 is 0. The van der Waals surface area contributed by atoms with Gasteiger partial charge in [-0.3, -0.25) is 9.78 Å². The van der Waals surface area contributed by atoms with Gasteiger partial charge in [0.05, 0.1) is 13.7 Å². The molecule has 1 aromatic carbocycles. The topological polar surface area (TPSA) is 48.4 Å². The monoisotopic (exact) mass is 297 g/mol.